The number of nitrogens with zero attached hydrogens (tertiary/aromatic N) is 1. The summed E-state index contributed by atoms with van der Waals surface area (Å²) in [4.78, 5) is 16.5. The first-order valence-corrected chi connectivity index (χ1v) is 9.48. The number of amides is 1. The molecular weight excluding hydrogens is 316 g/mol. The van der Waals surface area contributed by atoms with Crippen molar-refractivity contribution >= 4 is 5.91 Å². The Hall–Kier alpha value is -1.75. The number of hydrogen-bond acceptors (Lipinski definition) is 3. The summed E-state index contributed by atoms with van der Waals surface area (Å²) in [6.45, 7) is 6.19. The third kappa shape index (κ3) is 4.09. The maximum Gasteiger partial charge on any atom is 0.254 e. The van der Waals surface area contributed by atoms with Gasteiger partial charge < -0.3 is 19.3 Å². The summed E-state index contributed by atoms with van der Waals surface area (Å²) in [5.74, 6) is 2.21. The van der Waals surface area contributed by atoms with Crippen molar-refractivity contribution in [3.63, 3.8) is 0 Å². The maximum atomic E-state index is 12.8. The van der Waals surface area contributed by atoms with Crippen LogP contribution in [0.3, 0.4) is 0 Å². The van der Waals surface area contributed by atoms with E-state index in [0.717, 1.165) is 38.1 Å². The van der Waals surface area contributed by atoms with Gasteiger partial charge in [0, 0.05) is 12.0 Å². The molecule has 1 aromatic rings. The van der Waals surface area contributed by atoms with E-state index in [1.54, 1.807) is 31.3 Å². The minimum absolute atomic E-state index is 0.0945. The Kier molecular flexibility index (Phi) is 5.84. The molecular formula is C20H31N2O3+. The summed E-state index contributed by atoms with van der Waals surface area (Å²) < 4.78 is 10.6. The standard InChI is InChI=1S/C20H30N2O3/c1-15-5-4-6-17(13-15)21-9-11-22(12-10-21)20(23)16-7-8-18(24-2)19(14-16)25-3/h7-8,14-15,17H,4-6,9-13H2,1-3H3/p+1/t15-,17+/m1/s1. The van der Waals surface area contributed by atoms with Gasteiger partial charge in [-0.1, -0.05) is 13.3 Å². The van der Waals surface area contributed by atoms with Gasteiger partial charge in [-0.3, -0.25) is 4.79 Å². The normalized spacial score (nSPS) is 24.8. The molecule has 0 unspecified atom stereocenters. The highest BCUT2D eigenvalue weighted by Gasteiger charge is 2.32. The number of ether oxygens (including phenoxy) is 2. The van der Waals surface area contributed by atoms with Crippen LogP contribution >= 0.6 is 0 Å². The summed E-state index contributed by atoms with van der Waals surface area (Å²) in [7, 11) is 3.20. The van der Waals surface area contributed by atoms with Crippen molar-refractivity contribution in [2.75, 3.05) is 40.4 Å². The third-order valence-electron chi connectivity index (χ3n) is 5.84. The molecule has 5 nitrogen and oxygen atoms in total. The number of carbonyl (C=O) groups is 1. The van der Waals surface area contributed by atoms with Gasteiger partial charge in [0.25, 0.3) is 5.91 Å². The van der Waals surface area contributed by atoms with E-state index in [-0.39, 0.29) is 5.91 Å². The van der Waals surface area contributed by atoms with Crippen molar-refractivity contribution in [1.82, 2.24) is 4.90 Å². The van der Waals surface area contributed by atoms with Crippen molar-refractivity contribution in [1.29, 1.82) is 0 Å². The maximum absolute atomic E-state index is 12.8. The zero-order valence-electron chi connectivity index (χ0n) is 15.7. The molecule has 3 rings (SSSR count). The lowest BCUT2D eigenvalue weighted by Gasteiger charge is -2.39. The average Bonchev–Trinajstić information content (AvgIpc) is 2.67. The summed E-state index contributed by atoms with van der Waals surface area (Å²) in [6, 6.07) is 6.20. The number of methoxy groups -OCH3 is 2. The van der Waals surface area contributed by atoms with Gasteiger partial charge in [0.15, 0.2) is 11.5 Å². The fraction of sp³-hybridized carbons (Fsp3) is 0.650. The molecule has 0 bridgehead atoms. The number of quaternary nitrogens is 1. The van der Waals surface area contributed by atoms with Crippen LogP contribution in [0.25, 0.3) is 0 Å². The predicted molar refractivity (Wildman–Crippen MR) is 97.6 cm³/mol. The van der Waals surface area contributed by atoms with Crippen molar-refractivity contribution in [3.05, 3.63) is 23.8 Å². The molecule has 1 saturated carbocycles. The topological polar surface area (TPSA) is 43.2 Å². The molecule has 1 N–H and O–H groups in total. The first-order valence-electron chi connectivity index (χ1n) is 9.48. The van der Waals surface area contributed by atoms with E-state index >= 15 is 0 Å². The van der Waals surface area contributed by atoms with Gasteiger partial charge in [-0.05, 0) is 37.0 Å². The number of nitrogens with one attached hydrogen (secondary N) is 1. The molecule has 5 heteroatoms. The predicted octanol–water partition coefficient (Wildman–Crippen LogP) is 1.62. The molecule has 1 heterocycles. The minimum atomic E-state index is 0.0945. The molecule has 138 valence electrons. The molecule has 2 atom stereocenters. The monoisotopic (exact) mass is 347 g/mol. The van der Waals surface area contributed by atoms with Crippen molar-refractivity contribution in [2.24, 2.45) is 5.92 Å². The Bertz CT molecular complexity index is 597. The van der Waals surface area contributed by atoms with E-state index in [2.05, 4.69) is 6.92 Å². The SMILES string of the molecule is COc1ccc(C(=O)N2CC[NH+]([C@H]3CCC[C@@H](C)C3)CC2)cc1OC. The summed E-state index contributed by atoms with van der Waals surface area (Å²) in [5.41, 5.74) is 0.674. The molecule has 0 radical (unpaired) electrons. The van der Waals surface area contributed by atoms with Gasteiger partial charge in [0.05, 0.1) is 46.4 Å². The van der Waals surface area contributed by atoms with Crippen LogP contribution in [-0.4, -0.2) is 57.2 Å². The van der Waals surface area contributed by atoms with E-state index in [1.807, 2.05) is 11.0 Å². The van der Waals surface area contributed by atoms with E-state index < -0.39 is 0 Å². The molecule has 2 aliphatic rings. The van der Waals surface area contributed by atoms with E-state index in [9.17, 15) is 4.79 Å². The lowest BCUT2D eigenvalue weighted by Crippen LogP contribution is -3.18. The Balaban J connectivity index is 1.60. The van der Waals surface area contributed by atoms with Crippen molar-refractivity contribution < 1.29 is 19.2 Å². The van der Waals surface area contributed by atoms with Crippen LogP contribution < -0.4 is 14.4 Å². The van der Waals surface area contributed by atoms with Crippen molar-refractivity contribution in [3.8, 4) is 11.5 Å². The Morgan fingerprint density at radius 3 is 2.48 bits per heavy atom. The first kappa shape index (κ1) is 18.1. The Morgan fingerprint density at radius 2 is 1.84 bits per heavy atom. The van der Waals surface area contributed by atoms with Crippen LogP contribution in [0.2, 0.25) is 0 Å². The van der Waals surface area contributed by atoms with Gasteiger partial charge in [-0.15, -0.1) is 0 Å². The third-order valence-corrected chi connectivity index (χ3v) is 5.84. The molecule has 0 aromatic heterocycles. The molecule has 1 saturated heterocycles. The lowest BCUT2D eigenvalue weighted by atomic mass is 9.86. The van der Waals surface area contributed by atoms with Crippen LogP contribution in [0.15, 0.2) is 18.2 Å². The number of benzene rings is 1. The minimum Gasteiger partial charge on any atom is -0.493 e. The molecule has 1 aliphatic heterocycles. The number of carbonyl (C=O) groups excluding carboxylic acids is 1. The molecule has 1 amide bonds. The van der Waals surface area contributed by atoms with Crippen LogP contribution in [-0.2, 0) is 0 Å². The quantitative estimate of drug-likeness (QED) is 0.900. The summed E-state index contributed by atoms with van der Waals surface area (Å²) in [5, 5.41) is 0. The first-order chi connectivity index (χ1) is 12.1. The average molecular weight is 347 g/mol. The lowest BCUT2D eigenvalue weighted by molar-refractivity contribution is -0.930. The highest BCUT2D eigenvalue weighted by Crippen LogP contribution is 2.28. The smallest absolute Gasteiger partial charge is 0.254 e. The van der Waals surface area contributed by atoms with Crippen LogP contribution in [0.5, 0.6) is 11.5 Å². The van der Waals surface area contributed by atoms with Crippen LogP contribution in [0.1, 0.15) is 43.0 Å². The number of rotatable bonds is 4. The molecule has 25 heavy (non-hydrogen) atoms. The molecule has 0 spiro atoms. The zero-order valence-corrected chi connectivity index (χ0v) is 15.7. The number of piperazine rings is 1. The highest BCUT2D eigenvalue weighted by atomic mass is 16.5. The van der Waals surface area contributed by atoms with Crippen LogP contribution in [0.4, 0.5) is 0 Å². The fourth-order valence-electron chi connectivity index (χ4n) is 4.36. The summed E-state index contributed by atoms with van der Waals surface area (Å²) in [6.07, 6.45) is 5.44. The fourth-order valence-corrected chi connectivity index (χ4v) is 4.36. The van der Waals surface area contributed by atoms with Gasteiger partial charge in [-0.25, -0.2) is 0 Å². The van der Waals surface area contributed by atoms with E-state index in [4.69, 9.17) is 9.47 Å². The van der Waals surface area contributed by atoms with Gasteiger partial charge in [0.1, 0.15) is 0 Å². The second-order valence-electron chi connectivity index (χ2n) is 7.49. The van der Waals surface area contributed by atoms with Gasteiger partial charge >= 0.3 is 0 Å². The van der Waals surface area contributed by atoms with Gasteiger partial charge in [-0.2, -0.15) is 0 Å². The molecule has 1 aromatic carbocycles. The van der Waals surface area contributed by atoms with Gasteiger partial charge in [0.2, 0.25) is 0 Å². The zero-order chi connectivity index (χ0) is 17.8. The van der Waals surface area contributed by atoms with Crippen molar-refractivity contribution in [2.45, 2.75) is 38.6 Å². The van der Waals surface area contributed by atoms with E-state index in [1.165, 1.54) is 25.7 Å². The molecule has 1 aliphatic carbocycles. The summed E-state index contributed by atoms with van der Waals surface area (Å²) >= 11 is 0. The molecule has 2 fully saturated rings. The number of hydrogen-bond donors (Lipinski definition) is 1. The Morgan fingerprint density at radius 1 is 1.12 bits per heavy atom. The second kappa shape index (κ2) is 8.09. The largest absolute Gasteiger partial charge is 0.493 e. The van der Waals surface area contributed by atoms with E-state index in [0.29, 0.717) is 17.1 Å². The highest BCUT2D eigenvalue weighted by molar-refractivity contribution is 5.95. The Labute approximate surface area is 150 Å². The van der Waals surface area contributed by atoms with Crippen LogP contribution in [0, 0.1) is 5.92 Å². The second-order valence-corrected chi connectivity index (χ2v) is 7.49.